The number of hydrogen-bond donors (Lipinski definition) is 1. The summed E-state index contributed by atoms with van der Waals surface area (Å²) in [5, 5.41) is 9.55. The second-order valence-corrected chi connectivity index (χ2v) is 3.54. The molecule has 60 valence electrons. The minimum atomic E-state index is -0.765. The van der Waals surface area contributed by atoms with Gasteiger partial charge in [-0.1, -0.05) is 15.9 Å². The molecule has 0 bridgehead atoms. The average Bonchev–Trinajstić information content (AvgIpc) is 1.93. The van der Waals surface area contributed by atoms with Crippen LogP contribution in [0, 0.1) is 0 Å². The Morgan fingerprint density at radius 2 is 2.64 bits per heavy atom. The molecule has 0 aromatic heterocycles. The number of alkyl halides is 1. The Kier molecular flexibility index (Phi) is 1.45. The number of nitrogens with zero attached hydrogens (tertiary/aromatic N) is 1. The summed E-state index contributed by atoms with van der Waals surface area (Å²) < 4.78 is 0. The average molecular weight is 218 g/mol. The van der Waals surface area contributed by atoms with Gasteiger partial charge in [0.05, 0.1) is 11.6 Å². The molecule has 1 saturated heterocycles. The van der Waals surface area contributed by atoms with Crippen LogP contribution in [0.15, 0.2) is 11.8 Å². The first kappa shape index (κ1) is 7.16. The van der Waals surface area contributed by atoms with Crippen molar-refractivity contribution in [2.45, 2.75) is 18.5 Å². The molecule has 0 saturated carbocycles. The van der Waals surface area contributed by atoms with Gasteiger partial charge < -0.3 is 10.0 Å². The zero-order valence-corrected chi connectivity index (χ0v) is 7.41. The molecule has 0 radical (unpaired) electrons. The van der Waals surface area contributed by atoms with Crippen LogP contribution >= 0.6 is 15.9 Å². The fourth-order valence-electron chi connectivity index (χ4n) is 1.61. The van der Waals surface area contributed by atoms with E-state index in [2.05, 4.69) is 20.8 Å². The molecule has 1 N–H and O–H groups in total. The van der Waals surface area contributed by atoms with E-state index in [9.17, 15) is 4.79 Å². The molecule has 4 heteroatoms. The molecule has 0 aromatic rings. The summed E-state index contributed by atoms with van der Waals surface area (Å²) in [6, 6.07) is 0.748. The predicted molar refractivity (Wildman–Crippen MR) is 43.5 cm³/mol. The van der Waals surface area contributed by atoms with Crippen LogP contribution in [-0.2, 0) is 4.79 Å². The highest BCUT2D eigenvalue weighted by atomic mass is 79.9. The van der Waals surface area contributed by atoms with Crippen molar-refractivity contribution in [1.82, 2.24) is 4.90 Å². The van der Waals surface area contributed by atoms with Crippen LogP contribution in [0.5, 0.6) is 0 Å². The van der Waals surface area contributed by atoms with Gasteiger partial charge in [0.1, 0.15) is 0 Å². The number of halogens is 1. The molecule has 11 heavy (non-hydrogen) atoms. The third-order valence-electron chi connectivity index (χ3n) is 2.35. The standard InChI is InChI=1S/C7H8BrNO2/c8-2-4-1-6-5(7(10)11)3-9(4)6/h3-4,6H,1-2H2,(H,10,11). The van der Waals surface area contributed by atoms with Gasteiger partial charge in [-0.25, -0.2) is 4.79 Å². The van der Waals surface area contributed by atoms with Crippen molar-refractivity contribution in [3.63, 3.8) is 0 Å². The molecule has 2 atom stereocenters. The molecule has 0 aliphatic carbocycles. The van der Waals surface area contributed by atoms with Crippen molar-refractivity contribution in [2.75, 3.05) is 5.33 Å². The van der Waals surface area contributed by atoms with Crippen molar-refractivity contribution >= 4 is 21.9 Å². The molecule has 2 unspecified atom stereocenters. The molecule has 2 rings (SSSR count). The van der Waals surface area contributed by atoms with Gasteiger partial charge in [0.15, 0.2) is 0 Å². The lowest BCUT2D eigenvalue weighted by Crippen LogP contribution is -2.61. The zero-order valence-electron chi connectivity index (χ0n) is 5.83. The molecule has 3 nitrogen and oxygen atoms in total. The molecule has 0 spiro atoms. The van der Waals surface area contributed by atoms with E-state index in [4.69, 9.17) is 5.11 Å². The number of carboxylic acid groups (broad SMARTS) is 1. The lowest BCUT2D eigenvalue weighted by atomic mass is 9.82. The third kappa shape index (κ3) is 0.819. The Hall–Kier alpha value is -0.510. The second-order valence-electron chi connectivity index (χ2n) is 2.90. The van der Waals surface area contributed by atoms with E-state index < -0.39 is 5.97 Å². The Balaban J connectivity index is 2.04. The molecule has 0 amide bonds. The highest BCUT2D eigenvalue weighted by Crippen LogP contribution is 2.40. The van der Waals surface area contributed by atoms with E-state index in [0.717, 1.165) is 11.8 Å². The SMILES string of the molecule is O=C(O)C1=CN2C(CBr)CC12. The predicted octanol–water partition coefficient (Wildman–Crippen LogP) is 0.806. The van der Waals surface area contributed by atoms with Crippen LogP contribution in [0.2, 0.25) is 0 Å². The highest BCUT2D eigenvalue weighted by Gasteiger charge is 2.46. The van der Waals surface area contributed by atoms with Crippen LogP contribution in [0.1, 0.15) is 6.42 Å². The first-order chi connectivity index (χ1) is 5.24. The van der Waals surface area contributed by atoms with Gasteiger partial charge in [0, 0.05) is 17.6 Å². The summed E-state index contributed by atoms with van der Waals surface area (Å²) >= 11 is 3.37. The number of aliphatic carboxylic acids is 1. The maximum absolute atomic E-state index is 10.5. The van der Waals surface area contributed by atoms with Gasteiger partial charge in [-0.15, -0.1) is 0 Å². The van der Waals surface area contributed by atoms with Crippen molar-refractivity contribution in [3.05, 3.63) is 11.8 Å². The highest BCUT2D eigenvalue weighted by molar-refractivity contribution is 9.09. The fourth-order valence-corrected chi connectivity index (χ4v) is 2.20. The summed E-state index contributed by atoms with van der Waals surface area (Å²) in [5.41, 5.74) is 0.571. The summed E-state index contributed by atoms with van der Waals surface area (Å²) in [4.78, 5) is 12.6. The first-order valence-electron chi connectivity index (χ1n) is 3.52. The van der Waals surface area contributed by atoms with Gasteiger partial charge in [0.25, 0.3) is 0 Å². The fraction of sp³-hybridized carbons (Fsp3) is 0.571. The minimum Gasteiger partial charge on any atom is -0.478 e. The van der Waals surface area contributed by atoms with E-state index in [-0.39, 0.29) is 6.04 Å². The van der Waals surface area contributed by atoms with Crippen molar-refractivity contribution in [1.29, 1.82) is 0 Å². The van der Waals surface area contributed by atoms with E-state index in [1.54, 1.807) is 6.20 Å². The molecule has 0 aromatic carbocycles. The maximum Gasteiger partial charge on any atom is 0.335 e. The lowest BCUT2D eigenvalue weighted by molar-refractivity contribution is -0.135. The zero-order chi connectivity index (χ0) is 8.01. The molecular formula is C7H8BrNO2. The summed E-state index contributed by atoms with van der Waals surface area (Å²) in [6.07, 6.45) is 2.73. The normalized spacial score (nSPS) is 33.2. The van der Waals surface area contributed by atoms with Gasteiger partial charge in [0.2, 0.25) is 0 Å². The Morgan fingerprint density at radius 3 is 3.00 bits per heavy atom. The number of hydrogen-bond acceptors (Lipinski definition) is 2. The Labute approximate surface area is 72.8 Å². The summed E-state index contributed by atoms with van der Waals surface area (Å²) in [7, 11) is 0. The smallest absolute Gasteiger partial charge is 0.335 e. The van der Waals surface area contributed by atoms with Gasteiger partial charge >= 0.3 is 5.97 Å². The molecular weight excluding hydrogens is 210 g/mol. The molecule has 2 aliphatic rings. The minimum absolute atomic E-state index is 0.218. The van der Waals surface area contributed by atoms with Crippen LogP contribution in [0.3, 0.4) is 0 Å². The molecule has 2 heterocycles. The number of carboxylic acids is 1. The van der Waals surface area contributed by atoms with E-state index in [1.807, 2.05) is 0 Å². The summed E-state index contributed by atoms with van der Waals surface area (Å²) in [6.45, 7) is 0. The van der Waals surface area contributed by atoms with Crippen LogP contribution in [0.4, 0.5) is 0 Å². The number of rotatable bonds is 2. The lowest BCUT2D eigenvalue weighted by Gasteiger charge is -2.54. The number of carbonyl (C=O) groups is 1. The van der Waals surface area contributed by atoms with Gasteiger partial charge in [-0.2, -0.15) is 0 Å². The van der Waals surface area contributed by atoms with Crippen molar-refractivity contribution in [2.24, 2.45) is 0 Å². The maximum atomic E-state index is 10.5. The molecule has 1 fully saturated rings. The Bertz CT molecular complexity index is 239. The van der Waals surface area contributed by atoms with E-state index >= 15 is 0 Å². The van der Waals surface area contributed by atoms with Crippen molar-refractivity contribution < 1.29 is 9.90 Å². The second kappa shape index (κ2) is 2.24. The molecule has 2 aliphatic heterocycles. The van der Waals surface area contributed by atoms with Gasteiger partial charge in [-0.3, -0.25) is 0 Å². The third-order valence-corrected chi connectivity index (χ3v) is 3.10. The van der Waals surface area contributed by atoms with Crippen LogP contribution < -0.4 is 0 Å². The summed E-state index contributed by atoms with van der Waals surface area (Å²) in [5.74, 6) is -0.765. The van der Waals surface area contributed by atoms with Crippen molar-refractivity contribution in [3.8, 4) is 0 Å². The van der Waals surface area contributed by atoms with Crippen LogP contribution in [-0.4, -0.2) is 33.4 Å². The Morgan fingerprint density at radius 1 is 1.91 bits per heavy atom. The van der Waals surface area contributed by atoms with E-state index in [1.165, 1.54) is 0 Å². The monoisotopic (exact) mass is 217 g/mol. The van der Waals surface area contributed by atoms with E-state index in [0.29, 0.717) is 11.6 Å². The topological polar surface area (TPSA) is 40.5 Å². The largest absolute Gasteiger partial charge is 0.478 e. The van der Waals surface area contributed by atoms with Crippen LogP contribution in [0.25, 0.3) is 0 Å². The first-order valence-corrected chi connectivity index (χ1v) is 4.64. The quantitative estimate of drug-likeness (QED) is 0.697. The van der Waals surface area contributed by atoms with Gasteiger partial charge in [-0.05, 0) is 6.42 Å². The number of fused-ring (bicyclic) bond motifs is 1.